The molecular weight excluding hydrogens is 180 g/mol. The molecule has 0 heteroatoms. The van der Waals surface area contributed by atoms with Crippen LogP contribution in [0.15, 0.2) is 22.8 Å². The third-order valence-corrected chi connectivity index (χ3v) is 4.51. The Morgan fingerprint density at radius 2 is 2.07 bits per heavy atom. The Balaban J connectivity index is 2.38. The Morgan fingerprint density at radius 1 is 1.33 bits per heavy atom. The monoisotopic (exact) mass is 204 g/mol. The largest absolute Gasteiger partial charge is 0.0732 e. The van der Waals surface area contributed by atoms with Crippen LogP contribution in [0.4, 0.5) is 0 Å². The van der Waals surface area contributed by atoms with E-state index in [0.29, 0.717) is 5.41 Å². The molecule has 2 aliphatic rings. The van der Waals surface area contributed by atoms with Crippen molar-refractivity contribution in [2.45, 2.75) is 59.8 Å². The van der Waals surface area contributed by atoms with Crippen LogP contribution in [-0.4, -0.2) is 0 Å². The molecule has 15 heavy (non-hydrogen) atoms. The van der Waals surface area contributed by atoms with Crippen molar-refractivity contribution in [1.29, 1.82) is 0 Å². The summed E-state index contributed by atoms with van der Waals surface area (Å²) in [6.45, 7) is 9.40. The van der Waals surface area contributed by atoms with Gasteiger partial charge < -0.3 is 0 Å². The minimum absolute atomic E-state index is 0.538. The molecule has 0 nitrogen and oxygen atoms in total. The molecule has 0 N–H and O–H groups in total. The fourth-order valence-electron chi connectivity index (χ4n) is 3.34. The van der Waals surface area contributed by atoms with Gasteiger partial charge in [-0.2, -0.15) is 0 Å². The fourth-order valence-corrected chi connectivity index (χ4v) is 3.34. The standard InChI is InChI=1S/C15H24/c1-11(2)13-7-9-15(4)8-5-6-12(3)14(15)10-13/h10,12H,5-9H2,1-4H3/t12-,15+/m1/s1. The van der Waals surface area contributed by atoms with Crippen LogP contribution in [0.1, 0.15) is 59.8 Å². The summed E-state index contributed by atoms with van der Waals surface area (Å²) >= 11 is 0. The van der Waals surface area contributed by atoms with E-state index in [1.807, 2.05) is 0 Å². The van der Waals surface area contributed by atoms with Crippen LogP contribution in [0.3, 0.4) is 0 Å². The lowest BCUT2D eigenvalue weighted by Crippen LogP contribution is -2.30. The molecule has 0 radical (unpaired) electrons. The van der Waals surface area contributed by atoms with Gasteiger partial charge in [0.15, 0.2) is 0 Å². The van der Waals surface area contributed by atoms with E-state index in [9.17, 15) is 0 Å². The second-order valence-electron chi connectivity index (χ2n) is 5.98. The van der Waals surface area contributed by atoms with Gasteiger partial charge in [0, 0.05) is 0 Å². The third kappa shape index (κ3) is 1.91. The van der Waals surface area contributed by atoms with Crippen LogP contribution in [0.25, 0.3) is 0 Å². The van der Waals surface area contributed by atoms with E-state index >= 15 is 0 Å². The summed E-state index contributed by atoms with van der Waals surface area (Å²) in [5.41, 5.74) is 5.41. The van der Waals surface area contributed by atoms with Crippen LogP contribution in [0, 0.1) is 11.3 Å². The molecule has 0 aromatic carbocycles. The summed E-state index contributed by atoms with van der Waals surface area (Å²) in [6, 6.07) is 0. The first kappa shape index (κ1) is 11.0. The Kier molecular flexibility index (Phi) is 2.79. The lowest BCUT2D eigenvalue weighted by atomic mass is 9.62. The van der Waals surface area contributed by atoms with Gasteiger partial charge in [-0.1, -0.05) is 37.5 Å². The third-order valence-electron chi connectivity index (χ3n) is 4.51. The maximum atomic E-state index is 2.53. The highest BCUT2D eigenvalue weighted by Gasteiger charge is 2.37. The van der Waals surface area contributed by atoms with E-state index in [0.717, 1.165) is 5.92 Å². The van der Waals surface area contributed by atoms with E-state index in [4.69, 9.17) is 0 Å². The zero-order chi connectivity index (χ0) is 11.1. The number of hydrogen-bond acceptors (Lipinski definition) is 0. The quantitative estimate of drug-likeness (QED) is 0.528. The van der Waals surface area contributed by atoms with Crippen molar-refractivity contribution in [2.24, 2.45) is 11.3 Å². The molecule has 2 atom stereocenters. The van der Waals surface area contributed by atoms with Crippen molar-refractivity contribution < 1.29 is 0 Å². The Morgan fingerprint density at radius 3 is 2.73 bits per heavy atom. The first-order chi connectivity index (χ1) is 7.03. The van der Waals surface area contributed by atoms with Crippen molar-refractivity contribution in [1.82, 2.24) is 0 Å². The van der Waals surface area contributed by atoms with Gasteiger partial charge in [0.1, 0.15) is 0 Å². The van der Waals surface area contributed by atoms with Crippen LogP contribution >= 0.6 is 0 Å². The second-order valence-corrected chi connectivity index (χ2v) is 5.98. The maximum absolute atomic E-state index is 2.53. The first-order valence-corrected chi connectivity index (χ1v) is 6.41. The molecule has 84 valence electrons. The molecule has 0 spiro atoms. The highest BCUT2D eigenvalue weighted by atomic mass is 14.4. The van der Waals surface area contributed by atoms with Crippen LogP contribution in [0.2, 0.25) is 0 Å². The minimum Gasteiger partial charge on any atom is -0.0732 e. The van der Waals surface area contributed by atoms with Crippen molar-refractivity contribution in [3.8, 4) is 0 Å². The van der Waals surface area contributed by atoms with Crippen LogP contribution in [0.5, 0.6) is 0 Å². The predicted molar refractivity (Wildman–Crippen MR) is 66.8 cm³/mol. The Hall–Kier alpha value is -0.520. The van der Waals surface area contributed by atoms with Crippen LogP contribution < -0.4 is 0 Å². The Bertz CT molecular complexity index is 315. The van der Waals surface area contributed by atoms with Gasteiger partial charge in [-0.25, -0.2) is 0 Å². The van der Waals surface area contributed by atoms with Gasteiger partial charge in [-0.15, -0.1) is 0 Å². The topological polar surface area (TPSA) is 0 Å². The lowest BCUT2D eigenvalue weighted by Gasteiger charge is -2.43. The number of allylic oxidation sites excluding steroid dienone is 4. The zero-order valence-corrected chi connectivity index (χ0v) is 10.7. The molecule has 0 aromatic rings. The molecule has 0 aromatic heterocycles. The summed E-state index contributed by atoms with van der Waals surface area (Å²) in [5.74, 6) is 0.818. The summed E-state index contributed by atoms with van der Waals surface area (Å²) in [5, 5.41) is 0. The molecule has 1 fully saturated rings. The van der Waals surface area contributed by atoms with Gasteiger partial charge in [0.2, 0.25) is 0 Å². The minimum atomic E-state index is 0.538. The number of rotatable bonds is 0. The SMILES string of the molecule is CC(C)=C1C=C2[C@H](C)CCC[C@@]2(C)CC1. The van der Waals surface area contributed by atoms with Gasteiger partial charge in [-0.05, 0) is 56.4 Å². The smallest absolute Gasteiger partial charge is 0.0107 e. The van der Waals surface area contributed by atoms with Crippen molar-refractivity contribution in [2.75, 3.05) is 0 Å². The van der Waals surface area contributed by atoms with Gasteiger partial charge in [0.25, 0.3) is 0 Å². The average Bonchev–Trinajstić information content (AvgIpc) is 2.17. The number of fused-ring (bicyclic) bond motifs is 1. The highest BCUT2D eigenvalue weighted by Crippen LogP contribution is 2.50. The van der Waals surface area contributed by atoms with Crippen molar-refractivity contribution >= 4 is 0 Å². The maximum Gasteiger partial charge on any atom is -0.0107 e. The molecule has 0 bridgehead atoms. The van der Waals surface area contributed by atoms with Gasteiger partial charge in [0.05, 0.1) is 0 Å². The molecule has 1 saturated carbocycles. The van der Waals surface area contributed by atoms with E-state index in [-0.39, 0.29) is 0 Å². The predicted octanol–water partition coefficient (Wildman–Crippen LogP) is 4.87. The molecule has 0 unspecified atom stereocenters. The summed E-state index contributed by atoms with van der Waals surface area (Å²) in [4.78, 5) is 0. The van der Waals surface area contributed by atoms with Crippen molar-refractivity contribution in [3.63, 3.8) is 0 Å². The summed E-state index contributed by atoms with van der Waals surface area (Å²) < 4.78 is 0. The van der Waals surface area contributed by atoms with E-state index in [1.54, 1.807) is 11.1 Å². The highest BCUT2D eigenvalue weighted by molar-refractivity contribution is 5.36. The number of hydrogen-bond donors (Lipinski definition) is 0. The second kappa shape index (κ2) is 3.81. The fraction of sp³-hybridized carbons (Fsp3) is 0.733. The zero-order valence-electron chi connectivity index (χ0n) is 10.7. The van der Waals surface area contributed by atoms with Crippen LogP contribution in [-0.2, 0) is 0 Å². The molecule has 2 aliphatic carbocycles. The van der Waals surface area contributed by atoms with Gasteiger partial charge >= 0.3 is 0 Å². The van der Waals surface area contributed by atoms with Crippen molar-refractivity contribution in [3.05, 3.63) is 22.8 Å². The van der Waals surface area contributed by atoms with E-state index in [2.05, 4.69) is 33.8 Å². The van der Waals surface area contributed by atoms with E-state index in [1.165, 1.54) is 37.7 Å². The first-order valence-electron chi connectivity index (χ1n) is 6.41. The molecular formula is C15H24. The molecule has 0 amide bonds. The summed E-state index contributed by atoms with van der Waals surface area (Å²) in [6.07, 6.45) is 9.46. The molecule has 0 saturated heterocycles. The molecule has 0 heterocycles. The average molecular weight is 204 g/mol. The lowest BCUT2D eigenvalue weighted by molar-refractivity contribution is 0.238. The van der Waals surface area contributed by atoms with Gasteiger partial charge in [-0.3, -0.25) is 0 Å². The normalized spacial score (nSPS) is 35.9. The van der Waals surface area contributed by atoms with E-state index < -0.39 is 0 Å². The Labute approximate surface area is 94.5 Å². The molecule has 2 rings (SSSR count). The molecule has 0 aliphatic heterocycles. The summed E-state index contributed by atoms with van der Waals surface area (Å²) in [7, 11) is 0.